The van der Waals surface area contributed by atoms with Gasteiger partial charge in [0.2, 0.25) is 0 Å². The van der Waals surface area contributed by atoms with Crippen molar-refractivity contribution >= 4 is 99.0 Å². The standard InChI is InChI=1S/C97H74N5O.Pt/c1-60-81-58-90(101-85-39-22-20-34-75(85)76-35-21-23-40-86(76)101)92-79-36-19-18-31-72(79)70-29-12-15-30-71(70)77-45-43-65(56-88(77)100(94(60)92)59-99-93-67(61-25-10-9-11-26-61)37-24-38-80(93)73-32-16-13-27-68(73)69-28-14-17-33-74(69)81)103-66-44-46-78-82-53-62(63-41-47-83-84(54-63)97(7,8)51-50-96(83,5)6)42-48-87(82)102(89(78)57-66)91-55-64(49-52-98-91)95(2,3)4;/h9-49,52-55,58H,50-51H2,1-8H3;/q-3;/i9D,10D,11D,25D,26D;. The van der Waals surface area contributed by atoms with Crippen LogP contribution in [0.5, 0.6) is 11.5 Å². The van der Waals surface area contributed by atoms with Crippen LogP contribution < -0.4 is 4.74 Å². The molecule has 0 saturated carbocycles. The second-order valence-corrected chi connectivity index (χ2v) is 30.1. The van der Waals surface area contributed by atoms with Gasteiger partial charge in [0.05, 0.1) is 17.9 Å². The average Bonchev–Trinajstić information content (AvgIpc) is 1.66. The number of aryl methyl sites for hydroxylation is 1. The first-order chi connectivity index (χ1) is 52.2. The topological polar surface area (TPSA) is 49.3 Å². The normalized spacial score (nSPS) is 14.4. The maximum Gasteiger partial charge on any atom is 0.135 e. The molecule has 0 unspecified atom stereocenters. The van der Waals surface area contributed by atoms with Gasteiger partial charge < -0.3 is 23.4 Å². The van der Waals surface area contributed by atoms with Gasteiger partial charge in [0.25, 0.3) is 0 Å². The Hall–Kier alpha value is -11.4. The summed E-state index contributed by atoms with van der Waals surface area (Å²) < 4.78 is 60.1. The van der Waals surface area contributed by atoms with Gasteiger partial charge in [0.1, 0.15) is 5.82 Å². The van der Waals surface area contributed by atoms with E-state index in [4.69, 9.17) is 18.8 Å². The molecule has 17 aromatic rings. The third kappa shape index (κ3) is 10.4. The Kier molecular flexibility index (Phi) is 14.0. The summed E-state index contributed by atoms with van der Waals surface area (Å²) >= 11 is 0. The van der Waals surface area contributed by atoms with Crippen molar-refractivity contribution < 1.29 is 32.7 Å². The molecule has 0 N–H and O–H groups in total. The van der Waals surface area contributed by atoms with E-state index in [1.54, 1.807) is 6.07 Å². The Balaban J connectivity index is 0.00000836. The number of hydrogen-bond acceptors (Lipinski definition) is 3. The summed E-state index contributed by atoms with van der Waals surface area (Å²) in [6.45, 7) is 18.4. The van der Waals surface area contributed by atoms with Crippen LogP contribution in [0.15, 0.2) is 284 Å². The third-order valence-electron chi connectivity index (χ3n) is 22.1. The molecule has 0 atom stereocenters. The monoisotopic (exact) mass is 1520 g/mol. The Morgan fingerprint density at radius 2 is 0.962 bits per heavy atom. The predicted molar refractivity (Wildman–Crippen MR) is 431 cm³/mol. The summed E-state index contributed by atoms with van der Waals surface area (Å²) in [7, 11) is 0. The molecular weight excluding hydrogens is 1450 g/mol. The van der Waals surface area contributed by atoms with Crippen molar-refractivity contribution in [2.75, 3.05) is 0 Å². The van der Waals surface area contributed by atoms with E-state index in [0.717, 1.165) is 150 Å². The molecule has 7 heteroatoms. The van der Waals surface area contributed by atoms with Gasteiger partial charge >= 0.3 is 0 Å². The quantitative estimate of drug-likeness (QED) is 0.156. The van der Waals surface area contributed by atoms with Crippen molar-refractivity contribution in [2.24, 2.45) is 4.99 Å². The summed E-state index contributed by atoms with van der Waals surface area (Å²) in [5.41, 5.74) is 19.2. The van der Waals surface area contributed by atoms with Crippen LogP contribution in [0.2, 0.25) is 0 Å². The first kappa shape index (κ1) is 59.1. The van der Waals surface area contributed by atoms with E-state index in [-0.39, 0.29) is 55.0 Å². The number of pyridine rings is 1. The summed E-state index contributed by atoms with van der Waals surface area (Å²) in [4.78, 5) is 10.8. The van der Waals surface area contributed by atoms with Crippen LogP contribution in [0.4, 0.5) is 5.69 Å². The summed E-state index contributed by atoms with van der Waals surface area (Å²) in [5, 5.41) is 9.82. The fraction of sp³-hybridized carbons (Fsp3) is 0.134. The number of benzene rings is 13. The molecule has 1 aliphatic carbocycles. The zero-order valence-electron chi connectivity index (χ0n) is 64.0. The number of aromatic nitrogens is 4. The van der Waals surface area contributed by atoms with E-state index in [1.165, 1.54) is 16.7 Å². The van der Waals surface area contributed by atoms with Gasteiger partial charge in [-0.15, -0.1) is 34.5 Å². The molecule has 0 saturated heterocycles. The number of nitrogens with zero attached hydrogens (tertiary/aromatic N) is 5. The third-order valence-corrected chi connectivity index (χ3v) is 22.1. The Morgan fingerprint density at radius 1 is 0.442 bits per heavy atom. The number of hydrogen-bond donors (Lipinski definition) is 0. The smallest absolute Gasteiger partial charge is 0.135 e. The predicted octanol–water partition coefficient (Wildman–Crippen LogP) is 25.9. The van der Waals surface area contributed by atoms with Crippen LogP contribution in [0.1, 0.15) is 90.4 Å². The second kappa shape index (κ2) is 24.6. The van der Waals surface area contributed by atoms with Crippen LogP contribution >= 0.6 is 0 Å². The number of para-hydroxylation sites is 3. The van der Waals surface area contributed by atoms with Crippen molar-refractivity contribution in [2.45, 2.75) is 84.5 Å². The first-order valence-electron chi connectivity index (χ1n) is 38.1. The van der Waals surface area contributed by atoms with Crippen LogP contribution in [-0.2, 0) is 37.3 Å². The van der Waals surface area contributed by atoms with Crippen molar-refractivity contribution in [3.05, 3.63) is 313 Å². The maximum absolute atomic E-state index is 9.59. The number of aliphatic imine (C=N–C) groups is 1. The summed E-state index contributed by atoms with van der Waals surface area (Å²) in [5.74, 6) is 1.61. The van der Waals surface area contributed by atoms with Crippen LogP contribution in [-0.4, -0.2) is 25.0 Å². The van der Waals surface area contributed by atoms with E-state index < -0.39 is 18.1 Å². The van der Waals surface area contributed by atoms with Gasteiger partial charge in [0.15, 0.2) is 0 Å². The number of ether oxygens (including phenoxy) is 1. The van der Waals surface area contributed by atoms with Crippen molar-refractivity contribution in [3.8, 4) is 78.6 Å². The molecule has 0 amide bonds. The van der Waals surface area contributed by atoms with Crippen molar-refractivity contribution in [1.82, 2.24) is 18.7 Å². The molecule has 13 aromatic carbocycles. The molecule has 5 heterocycles. The molecule has 6 nitrogen and oxygen atoms in total. The van der Waals surface area contributed by atoms with Gasteiger partial charge in [-0.3, -0.25) is 0 Å². The molecule has 19 rings (SSSR count). The number of fused-ring (bicyclic) bond motifs is 21. The van der Waals surface area contributed by atoms with Gasteiger partial charge in [0, 0.05) is 72.8 Å². The minimum atomic E-state index is -0.485. The minimum absolute atomic E-state index is 0. The molecule has 0 fully saturated rings. The van der Waals surface area contributed by atoms with Crippen LogP contribution in [0.3, 0.4) is 0 Å². The van der Waals surface area contributed by atoms with Gasteiger partial charge in [-0.1, -0.05) is 277 Å². The molecule has 2 aliphatic rings. The van der Waals surface area contributed by atoms with Gasteiger partial charge in [-0.2, -0.15) is 18.2 Å². The zero-order valence-corrected chi connectivity index (χ0v) is 61.3. The van der Waals surface area contributed by atoms with E-state index >= 15 is 0 Å². The maximum atomic E-state index is 9.59. The molecule has 0 radical (unpaired) electrons. The van der Waals surface area contributed by atoms with E-state index in [9.17, 15) is 2.74 Å². The van der Waals surface area contributed by atoms with E-state index in [1.807, 2.05) is 47.2 Å². The van der Waals surface area contributed by atoms with Crippen molar-refractivity contribution in [3.63, 3.8) is 0 Å². The molecule has 4 aromatic heterocycles. The Bertz CT molecular complexity index is 6780. The van der Waals surface area contributed by atoms with Crippen molar-refractivity contribution in [1.29, 1.82) is 0 Å². The summed E-state index contributed by atoms with van der Waals surface area (Å²) in [6.07, 6.45) is 7.97. The number of rotatable bonds is 6. The minimum Gasteiger partial charge on any atom is -0.510 e. The van der Waals surface area contributed by atoms with Crippen LogP contribution in [0, 0.1) is 19.1 Å². The summed E-state index contributed by atoms with van der Waals surface area (Å²) in [6, 6.07) is 91.5. The second-order valence-electron chi connectivity index (χ2n) is 30.1. The molecule has 0 spiro atoms. The Labute approximate surface area is 627 Å². The van der Waals surface area contributed by atoms with Gasteiger partial charge in [-0.05, 0) is 177 Å². The Morgan fingerprint density at radius 3 is 1.62 bits per heavy atom. The fourth-order valence-electron chi connectivity index (χ4n) is 16.7. The molecule has 104 heavy (non-hydrogen) atoms. The van der Waals surface area contributed by atoms with Crippen LogP contribution in [0.25, 0.3) is 154 Å². The first-order valence-corrected chi connectivity index (χ1v) is 35.6. The fourth-order valence-corrected chi connectivity index (χ4v) is 16.7. The van der Waals surface area contributed by atoms with E-state index in [2.05, 4.69) is 283 Å². The molecular formula is C97H74N5OPt-3. The molecule has 1 aliphatic heterocycles. The average molecular weight is 1530 g/mol. The SMILES string of the molecule is [2H]c1c([2H])c([2H])c(-c2cccc3c2N=[C-]n2c4[c-]c(Oc5[c-]c6c(cc5)c5cc(-c7ccc8c(c7)C(C)(C)CCC8(C)C)ccc5n6-c5cc(C(C)(C)C)ccn5)ccc4c4ccccc4c4ccccc4c4c(-n5c6ccccc6c6ccccc65)cc(c(C)c42)-c2ccccc2-c2ccccc2-3)c([2H])c1[2H].[Pt]. The molecule has 2 bridgehead atoms. The molecule has 506 valence electrons. The zero-order chi connectivity index (χ0) is 74.0. The largest absolute Gasteiger partial charge is 0.510 e. The van der Waals surface area contributed by atoms with Gasteiger partial charge in [-0.25, -0.2) is 4.98 Å². The van der Waals surface area contributed by atoms with E-state index in [0.29, 0.717) is 33.8 Å².